The molecule has 0 spiro atoms. The second-order valence-corrected chi connectivity index (χ2v) is 9.00. The molecule has 1 aliphatic heterocycles. The number of rotatable bonds is 9. The van der Waals surface area contributed by atoms with Gasteiger partial charge in [0.2, 0.25) is 5.91 Å². The van der Waals surface area contributed by atoms with E-state index in [1.54, 1.807) is 14.0 Å². The number of carbonyl (C=O) groups excluding carboxylic acids is 1. The first-order chi connectivity index (χ1) is 14.9. The van der Waals surface area contributed by atoms with Crippen LogP contribution >= 0.6 is 0 Å². The summed E-state index contributed by atoms with van der Waals surface area (Å²) in [5, 5.41) is 0. The van der Waals surface area contributed by atoms with Crippen LogP contribution in [-0.4, -0.2) is 36.7 Å². The van der Waals surface area contributed by atoms with Gasteiger partial charge in [-0.15, -0.1) is 0 Å². The molecule has 0 aromatic heterocycles. The fourth-order valence-corrected chi connectivity index (χ4v) is 4.73. The maximum atomic E-state index is 12.4. The Kier molecular flexibility index (Phi) is 8.14. The van der Waals surface area contributed by atoms with Crippen LogP contribution in [-0.2, 0) is 16.1 Å². The number of ether oxygens (including phenoxy) is 2. The molecule has 1 aliphatic rings. The number of methoxy groups -OCH3 is 1. The van der Waals surface area contributed by atoms with Gasteiger partial charge in [-0.2, -0.15) is 0 Å². The molecule has 0 unspecified atom stereocenters. The lowest BCUT2D eigenvalue weighted by Gasteiger charge is -2.41. The second-order valence-electron chi connectivity index (χ2n) is 9.00. The van der Waals surface area contributed by atoms with Crippen molar-refractivity contribution in [2.45, 2.75) is 64.5 Å². The van der Waals surface area contributed by atoms with Crippen LogP contribution in [0.3, 0.4) is 0 Å². The predicted octanol–water partition coefficient (Wildman–Crippen LogP) is 5.81. The summed E-state index contributed by atoms with van der Waals surface area (Å²) in [7, 11) is 1.70. The van der Waals surface area contributed by atoms with E-state index in [9.17, 15) is 4.79 Å². The summed E-state index contributed by atoms with van der Waals surface area (Å²) in [6.07, 6.45) is 4.08. The maximum absolute atomic E-state index is 12.4. The molecule has 1 amide bonds. The van der Waals surface area contributed by atoms with E-state index in [1.165, 1.54) is 11.1 Å². The minimum atomic E-state index is -0.0576. The van der Waals surface area contributed by atoms with Crippen LogP contribution in [0.2, 0.25) is 0 Å². The van der Waals surface area contributed by atoms with E-state index in [2.05, 4.69) is 38.1 Å². The first-order valence-corrected chi connectivity index (χ1v) is 11.5. The fraction of sp³-hybridized carbons (Fsp3) is 0.519. The summed E-state index contributed by atoms with van der Waals surface area (Å²) in [4.78, 5) is 14.4. The molecule has 0 radical (unpaired) electrons. The van der Waals surface area contributed by atoms with Gasteiger partial charge in [0, 0.05) is 26.6 Å². The fourth-order valence-electron chi connectivity index (χ4n) is 4.73. The lowest BCUT2D eigenvalue weighted by Crippen LogP contribution is -2.39. The highest BCUT2D eigenvalue weighted by atomic mass is 16.5. The normalized spacial score (nSPS) is 22.0. The van der Waals surface area contributed by atoms with Gasteiger partial charge in [0.1, 0.15) is 5.75 Å². The minimum Gasteiger partial charge on any atom is -0.497 e. The van der Waals surface area contributed by atoms with Gasteiger partial charge in [0.15, 0.2) is 0 Å². The highest BCUT2D eigenvalue weighted by molar-refractivity contribution is 5.73. The summed E-state index contributed by atoms with van der Waals surface area (Å²) in [5.41, 5.74) is 2.44. The lowest BCUT2D eigenvalue weighted by molar-refractivity contribution is -0.129. The molecule has 31 heavy (non-hydrogen) atoms. The van der Waals surface area contributed by atoms with Crippen molar-refractivity contribution >= 4 is 5.91 Å². The highest BCUT2D eigenvalue weighted by Gasteiger charge is 2.36. The average Bonchev–Trinajstić information content (AvgIpc) is 2.79. The minimum absolute atomic E-state index is 0.0576. The van der Waals surface area contributed by atoms with Crippen LogP contribution in [0.1, 0.15) is 63.5 Å². The molecule has 0 aliphatic carbocycles. The Balaban J connectivity index is 1.78. The molecule has 2 aromatic carbocycles. The third-order valence-electron chi connectivity index (χ3n) is 6.87. The van der Waals surface area contributed by atoms with Crippen molar-refractivity contribution in [3.63, 3.8) is 0 Å². The van der Waals surface area contributed by atoms with Crippen LogP contribution in [0.15, 0.2) is 54.6 Å². The third kappa shape index (κ3) is 6.33. The first kappa shape index (κ1) is 23.3. The van der Waals surface area contributed by atoms with Crippen LogP contribution in [0.25, 0.3) is 0 Å². The molecule has 0 saturated carbocycles. The molecular formula is C27H37NO3. The Bertz CT molecular complexity index is 820. The Morgan fingerprint density at radius 3 is 2.52 bits per heavy atom. The van der Waals surface area contributed by atoms with E-state index in [-0.39, 0.29) is 11.5 Å². The second kappa shape index (κ2) is 10.8. The van der Waals surface area contributed by atoms with Gasteiger partial charge in [-0.1, -0.05) is 49.4 Å². The molecular weight excluding hydrogens is 386 g/mol. The van der Waals surface area contributed by atoms with E-state index in [0.717, 1.165) is 44.6 Å². The van der Waals surface area contributed by atoms with Gasteiger partial charge in [-0.3, -0.25) is 4.79 Å². The van der Waals surface area contributed by atoms with Crippen molar-refractivity contribution in [2.75, 3.05) is 20.3 Å². The van der Waals surface area contributed by atoms with Crippen LogP contribution < -0.4 is 4.74 Å². The van der Waals surface area contributed by atoms with E-state index in [0.29, 0.717) is 18.4 Å². The van der Waals surface area contributed by atoms with E-state index >= 15 is 0 Å². The predicted molar refractivity (Wildman–Crippen MR) is 125 cm³/mol. The topological polar surface area (TPSA) is 38.8 Å². The zero-order valence-corrected chi connectivity index (χ0v) is 19.5. The Hall–Kier alpha value is -2.33. The number of carbonyl (C=O) groups is 1. The standard InChI is InChI=1S/C27H37NO3/c1-5-27(3)19-24(16-18-31-27)26(23-11-13-25(30-4)14-12-23)15-17-28(21(2)29)20-22-9-7-6-8-10-22/h6-14,24,26H,5,15-20H2,1-4H3/t24-,26-,27+/m1/s1. The molecule has 1 fully saturated rings. The number of hydrogen-bond donors (Lipinski definition) is 0. The van der Waals surface area contributed by atoms with Crippen molar-refractivity contribution in [1.29, 1.82) is 0 Å². The highest BCUT2D eigenvalue weighted by Crippen LogP contribution is 2.41. The zero-order valence-electron chi connectivity index (χ0n) is 19.5. The van der Waals surface area contributed by atoms with Gasteiger partial charge in [0.25, 0.3) is 0 Å². The monoisotopic (exact) mass is 423 g/mol. The maximum Gasteiger partial charge on any atom is 0.219 e. The zero-order chi connectivity index (χ0) is 22.3. The molecule has 2 aromatic rings. The van der Waals surface area contributed by atoms with Crippen molar-refractivity contribution < 1.29 is 14.3 Å². The van der Waals surface area contributed by atoms with Gasteiger partial charge < -0.3 is 14.4 Å². The Morgan fingerprint density at radius 2 is 1.90 bits per heavy atom. The van der Waals surface area contributed by atoms with E-state index < -0.39 is 0 Å². The van der Waals surface area contributed by atoms with Gasteiger partial charge in [-0.05, 0) is 67.7 Å². The summed E-state index contributed by atoms with van der Waals surface area (Å²) >= 11 is 0. The average molecular weight is 424 g/mol. The summed E-state index contributed by atoms with van der Waals surface area (Å²) in [6.45, 7) is 8.34. The Morgan fingerprint density at radius 1 is 1.19 bits per heavy atom. The summed E-state index contributed by atoms with van der Waals surface area (Å²) in [5.74, 6) is 1.93. The molecule has 0 N–H and O–H groups in total. The molecule has 168 valence electrons. The number of benzene rings is 2. The smallest absolute Gasteiger partial charge is 0.219 e. The third-order valence-corrected chi connectivity index (χ3v) is 6.87. The number of amides is 1. The van der Waals surface area contributed by atoms with Crippen LogP contribution in [0, 0.1) is 5.92 Å². The largest absolute Gasteiger partial charge is 0.497 e. The van der Waals surface area contributed by atoms with Gasteiger partial charge >= 0.3 is 0 Å². The molecule has 3 atom stereocenters. The molecule has 4 nitrogen and oxygen atoms in total. The van der Waals surface area contributed by atoms with Gasteiger partial charge in [0.05, 0.1) is 12.7 Å². The van der Waals surface area contributed by atoms with E-state index in [1.807, 2.05) is 35.2 Å². The lowest BCUT2D eigenvalue weighted by atomic mass is 9.74. The first-order valence-electron chi connectivity index (χ1n) is 11.5. The van der Waals surface area contributed by atoms with Crippen molar-refractivity contribution in [1.82, 2.24) is 4.90 Å². The summed E-state index contributed by atoms with van der Waals surface area (Å²) in [6, 6.07) is 18.7. The molecule has 3 rings (SSSR count). The molecule has 1 heterocycles. The van der Waals surface area contributed by atoms with Crippen LogP contribution in [0.4, 0.5) is 0 Å². The van der Waals surface area contributed by atoms with Crippen molar-refractivity contribution in [3.05, 3.63) is 65.7 Å². The van der Waals surface area contributed by atoms with E-state index in [4.69, 9.17) is 9.47 Å². The number of hydrogen-bond acceptors (Lipinski definition) is 3. The molecule has 0 bridgehead atoms. The van der Waals surface area contributed by atoms with Crippen molar-refractivity contribution in [2.24, 2.45) is 5.92 Å². The molecule has 1 saturated heterocycles. The van der Waals surface area contributed by atoms with Crippen molar-refractivity contribution in [3.8, 4) is 5.75 Å². The quantitative estimate of drug-likeness (QED) is 0.511. The summed E-state index contributed by atoms with van der Waals surface area (Å²) < 4.78 is 11.5. The SMILES string of the molecule is CC[C@@]1(C)C[C@H]([C@H](CCN(Cc2ccccc2)C(C)=O)c2ccc(OC)cc2)CCO1. The number of nitrogens with zero attached hydrogens (tertiary/aromatic N) is 1. The molecule has 4 heteroatoms. The van der Waals surface area contributed by atoms with Gasteiger partial charge in [-0.25, -0.2) is 0 Å². The Labute approximate surface area is 187 Å². The van der Waals surface area contributed by atoms with Crippen LogP contribution in [0.5, 0.6) is 5.75 Å².